The average molecular weight is 384 g/mol. The van der Waals surface area contributed by atoms with Gasteiger partial charge in [0.25, 0.3) is 0 Å². The lowest BCUT2D eigenvalue weighted by Crippen LogP contribution is -2.59. The maximum absolute atomic E-state index is 12.8. The van der Waals surface area contributed by atoms with Crippen molar-refractivity contribution in [3.05, 3.63) is 70.6 Å². The Morgan fingerprint density at radius 3 is 2.62 bits per heavy atom. The molecule has 4 nitrogen and oxygen atoms in total. The zero-order chi connectivity index (χ0) is 18.3. The molecule has 0 radical (unpaired) electrons. The van der Waals surface area contributed by atoms with Gasteiger partial charge in [-0.25, -0.2) is 9.59 Å². The van der Waals surface area contributed by atoms with Crippen LogP contribution in [0.5, 0.6) is 0 Å². The fraction of sp³-hybridized carbons (Fsp3) is 0.150. The Morgan fingerprint density at radius 1 is 1.12 bits per heavy atom. The first-order chi connectivity index (χ1) is 12.6. The largest absolute Gasteiger partial charge is 0.351 e. The van der Waals surface area contributed by atoms with Crippen molar-refractivity contribution in [2.24, 2.45) is 5.92 Å². The number of anilines is 1. The molecule has 0 saturated carbocycles. The number of halogens is 1. The van der Waals surface area contributed by atoms with Crippen molar-refractivity contribution in [3.8, 4) is 11.3 Å². The zero-order valence-corrected chi connectivity index (χ0v) is 15.6. The van der Waals surface area contributed by atoms with Crippen LogP contribution in [0.25, 0.3) is 11.3 Å². The van der Waals surface area contributed by atoms with Gasteiger partial charge in [0, 0.05) is 16.0 Å². The number of carbonyl (C=O) groups is 2. The lowest BCUT2D eigenvalue weighted by molar-refractivity contribution is -0.548. The molecule has 1 amide bonds. The summed E-state index contributed by atoms with van der Waals surface area (Å²) in [6, 6.07) is 17.2. The summed E-state index contributed by atoms with van der Waals surface area (Å²) in [5, 5.41) is 3.19. The van der Waals surface area contributed by atoms with Gasteiger partial charge >= 0.3 is 16.9 Å². The number of amides is 1. The number of rotatable bonds is 3. The van der Waals surface area contributed by atoms with Gasteiger partial charge in [-0.1, -0.05) is 65.4 Å². The van der Waals surface area contributed by atoms with Crippen LogP contribution in [0, 0.1) is 5.92 Å². The second kappa shape index (κ2) is 6.67. The van der Waals surface area contributed by atoms with Gasteiger partial charge in [-0.2, -0.15) is 4.90 Å². The van der Waals surface area contributed by atoms with Gasteiger partial charge in [0.05, 0.1) is 0 Å². The van der Waals surface area contributed by atoms with Gasteiger partial charge in [-0.05, 0) is 24.6 Å². The van der Waals surface area contributed by atoms with Crippen LogP contribution in [0.1, 0.15) is 17.3 Å². The molecule has 1 atom stereocenters. The van der Waals surface area contributed by atoms with Gasteiger partial charge in [0.2, 0.25) is 0 Å². The normalized spacial score (nSPS) is 16.7. The third-order valence-corrected chi connectivity index (χ3v) is 5.66. The number of hydrogen-bond donors (Lipinski definition) is 0. The average Bonchev–Trinajstić information content (AvgIpc) is 3.09. The van der Waals surface area contributed by atoms with Crippen molar-refractivity contribution in [2.45, 2.75) is 13.5 Å². The summed E-state index contributed by atoms with van der Waals surface area (Å²) in [6.45, 7) is 2.05. The molecule has 26 heavy (non-hydrogen) atoms. The molecule has 1 unspecified atom stereocenters. The summed E-state index contributed by atoms with van der Waals surface area (Å²) in [7, 11) is 0. The maximum Gasteiger partial charge on any atom is 0.351 e. The first kappa shape index (κ1) is 16.9. The quantitative estimate of drug-likeness (QED) is 0.503. The predicted octanol–water partition coefficient (Wildman–Crippen LogP) is 4.18. The molecule has 0 aliphatic carbocycles. The van der Waals surface area contributed by atoms with E-state index in [2.05, 4.69) is 0 Å². The van der Waals surface area contributed by atoms with E-state index in [1.165, 1.54) is 11.3 Å². The van der Waals surface area contributed by atoms with Crippen LogP contribution in [0.2, 0.25) is 5.02 Å². The van der Waals surface area contributed by atoms with E-state index in [0.717, 1.165) is 16.8 Å². The molecular weight excluding hydrogens is 368 g/mol. The smallest absolute Gasteiger partial charge is 0.246 e. The van der Waals surface area contributed by atoms with Crippen molar-refractivity contribution < 1.29 is 14.2 Å². The van der Waals surface area contributed by atoms with Crippen LogP contribution in [0.3, 0.4) is 0 Å². The molecule has 1 aliphatic rings. The molecule has 1 aliphatic heterocycles. The minimum Gasteiger partial charge on any atom is -0.246 e. The minimum absolute atomic E-state index is 0.184. The number of nitrogens with zero attached hydrogens (tertiary/aromatic N) is 2. The molecular formula is C20H16ClN2O2S+. The summed E-state index contributed by atoms with van der Waals surface area (Å²) in [5.41, 5.74) is 2.69. The molecule has 4 rings (SSSR count). The van der Waals surface area contributed by atoms with Crippen LogP contribution in [-0.2, 0) is 11.3 Å². The van der Waals surface area contributed by atoms with E-state index in [1.54, 1.807) is 22.5 Å². The summed E-state index contributed by atoms with van der Waals surface area (Å²) in [5.74, 6) is -1.09. The van der Waals surface area contributed by atoms with E-state index in [4.69, 9.17) is 11.6 Å². The number of hydrogen-bond acceptors (Lipinski definition) is 3. The van der Waals surface area contributed by atoms with E-state index in [-0.39, 0.29) is 11.8 Å². The Morgan fingerprint density at radius 2 is 1.88 bits per heavy atom. The fourth-order valence-corrected chi connectivity index (χ4v) is 4.36. The molecule has 2 aromatic carbocycles. The number of benzene rings is 2. The van der Waals surface area contributed by atoms with Crippen molar-refractivity contribution in [2.75, 3.05) is 4.90 Å². The summed E-state index contributed by atoms with van der Waals surface area (Å²) < 4.78 is 1.66. The van der Waals surface area contributed by atoms with Crippen molar-refractivity contribution >= 4 is 39.9 Å². The van der Waals surface area contributed by atoms with Crippen LogP contribution in [-0.4, -0.2) is 11.8 Å². The van der Waals surface area contributed by atoms with E-state index in [0.29, 0.717) is 16.7 Å². The van der Waals surface area contributed by atoms with Crippen molar-refractivity contribution in [3.63, 3.8) is 0 Å². The second-order valence-electron chi connectivity index (χ2n) is 6.22. The molecule has 2 heterocycles. The van der Waals surface area contributed by atoms with E-state index in [9.17, 15) is 9.59 Å². The highest BCUT2D eigenvalue weighted by atomic mass is 35.5. The molecule has 130 valence electrons. The monoisotopic (exact) mass is 383 g/mol. The summed E-state index contributed by atoms with van der Waals surface area (Å²) in [6.07, 6.45) is 0. The zero-order valence-electron chi connectivity index (χ0n) is 14.1. The van der Waals surface area contributed by atoms with Crippen molar-refractivity contribution in [1.82, 2.24) is 0 Å². The number of fused-ring (bicyclic) bond motifs is 1. The van der Waals surface area contributed by atoms with Gasteiger partial charge < -0.3 is 0 Å². The molecule has 6 heteroatoms. The lowest BCUT2D eigenvalue weighted by atomic mass is 10.1. The first-order valence-corrected chi connectivity index (χ1v) is 9.51. The number of aromatic nitrogens is 1. The van der Waals surface area contributed by atoms with Crippen LogP contribution >= 0.6 is 22.9 Å². The molecule has 0 fully saturated rings. The standard InChI is InChI=1S/C20H16ClN2O2S/c1-13-18(24)22(11-14-6-5-9-16(21)10-14)20-23(19(13)25)17(12-26-20)15-7-3-2-4-8-15/h2-10,12-13H,11H2,1H3/q+1. The topological polar surface area (TPSA) is 41.3 Å². The predicted molar refractivity (Wildman–Crippen MR) is 102 cm³/mol. The Bertz CT molecular complexity index is 1000. The van der Waals surface area contributed by atoms with E-state index in [1.807, 2.05) is 53.9 Å². The fourth-order valence-electron chi connectivity index (χ4n) is 3.11. The van der Waals surface area contributed by atoms with E-state index < -0.39 is 5.92 Å². The molecule has 0 N–H and O–H groups in total. The SMILES string of the molecule is CC1C(=O)N(Cc2cccc(Cl)c2)c2scc(-c3ccccc3)[n+]2C1=O. The Hall–Kier alpha value is -2.50. The first-order valence-electron chi connectivity index (χ1n) is 8.25. The van der Waals surface area contributed by atoms with Gasteiger partial charge in [0.15, 0.2) is 11.6 Å². The third-order valence-electron chi connectivity index (χ3n) is 4.47. The lowest BCUT2D eigenvalue weighted by Gasteiger charge is -2.22. The van der Waals surface area contributed by atoms with Crippen molar-refractivity contribution in [1.29, 1.82) is 0 Å². The minimum atomic E-state index is -0.719. The number of carbonyl (C=O) groups excluding carboxylic acids is 2. The Labute approximate surface area is 160 Å². The molecule has 0 saturated heterocycles. The third kappa shape index (κ3) is 2.83. The van der Waals surface area contributed by atoms with Crippen LogP contribution in [0.15, 0.2) is 60.0 Å². The molecule has 0 bridgehead atoms. The van der Waals surface area contributed by atoms with Gasteiger partial charge in [-0.3, -0.25) is 0 Å². The highest BCUT2D eigenvalue weighted by Crippen LogP contribution is 2.31. The van der Waals surface area contributed by atoms with Crippen LogP contribution in [0.4, 0.5) is 5.13 Å². The molecule has 3 aromatic rings. The molecule has 1 aromatic heterocycles. The maximum atomic E-state index is 12.8. The van der Waals surface area contributed by atoms with Gasteiger partial charge in [-0.15, -0.1) is 4.57 Å². The van der Waals surface area contributed by atoms with Crippen LogP contribution < -0.4 is 9.47 Å². The highest BCUT2D eigenvalue weighted by Gasteiger charge is 2.47. The Kier molecular flexibility index (Phi) is 4.34. The summed E-state index contributed by atoms with van der Waals surface area (Å²) in [4.78, 5) is 27.3. The van der Waals surface area contributed by atoms with E-state index >= 15 is 0 Å². The highest BCUT2D eigenvalue weighted by molar-refractivity contribution is 7.13. The molecule has 0 spiro atoms. The number of thiazole rings is 1. The Balaban J connectivity index is 1.81. The summed E-state index contributed by atoms with van der Waals surface area (Å²) >= 11 is 7.48. The van der Waals surface area contributed by atoms with Gasteiger partial charge in [0.1, 0.15) is 6.54 Å². The second-order valence-corrected chi connectivity index (χ2v) is 7.49.